The molecule has 0 saturated carbocycles. The maximum absolute atomic E-state index is 4.40. The van der Waals surface area contributed by atoms with Gasteiger partial charge in [0.1, 0.15) is 0 Å². The van der Waals surface area contributed by atoms with E-state index in [4.69, 9.17) is 0 Å². The van der Waals surface area contributed by atoms with Crippen molar-refractivity contribution in [2.45, 2.75) is 6.54 Å². The summed E-state index contributed by atoms with van der Waals surface area (Å²) < 4.78 is 1.02. The normalized spacial score (nSPS) is 11.0. The average molecular weight is 364 g/mol. The first-order valence-electron chi connectivity index (χ1n) is 7.41. The number of hydrogen-bond acceptors (Lipinski definition) is 3. The molecule has 3 nitrogen and oxygen atoms in total. The van der Waals surface area contributed by atoms with Crippen LogP contribution >= 0.6 is 15.9 Å². The largest absolute Gasteiger partial charge is 0.380 e. The minimum Gasteiger partial charge on any atom is -0.380 e. The Morgan fingerprint density at radius 2 is 1.87 bits per heavy atom. The monoisotopic (exact) mass is 363 g/mol. The number of nitrogens with one attached hydrogen (secondary N) is 1. The SMILES string of the molecule is Brc1cncc2ccc(CNc3ccnc4ccccc34)cc12. The van der Waals surface area contributed by atoms with Crippen LogP contribution in [0.15, 0.2) is 71.6 Å². The highest BCUT2D eigenvalue weighted by molar-refractivity contribution is 9.10. The number of fused-ring (bicyclic) bond motifs is 2. The molecule has 4 heteroatoms. The Morgan fingerprint density at radius 3 is 2.83 bits per heavy atom. The third-order valence-corrected chi connectivity index (χ3v) is 4.54. The van der Waals surface area contributed by atoms with Crippen LogP contribution in [0.1, 0.15) is 5.56 Å². The van der Waals surface area contributed by atoms with Crippen LogP contribution in [0.3, 0.4) is 0 Å². The van der Waals surface area contributed by atoms with Crippen LogP contribution in [0.25, 0.3) is 21.7 Å². The van der Waals surface area contributed by atoms with E-state index in [9.17, 15) is 0 Å². The molecule has 2 heterocycles. The summed E-state index contributed by atoms with van der Waals surface area (Å²) in [5.74, 6) is 0. The molecular formula is C19H14BrN3. The summed E-state index contributed by atoms with van der Waals surface area (Å²) in [5.41, 5.74) is 3.33. The van der Waals surface area contributed by atoms with Crippen molar-refractivity contribution in [3.05, 3.63) is 77.2 Å². The van der Waals surface area contributed by atoms with E-state index >= 15 is 0 Å². The van der Waals surface area contributed by atoms with Crippen LogP contribution in [-0.4, -0.2) is 9.97 Å². The predicted octanol–water partition coefficient (Wildman–Crippen LogP) is 5.16. The van der Waals surface area contributed by atoms with Crippen molar-refractivity contribution >= 4 is 43.3 Å². The van der Waals surface area contributed by atoms with E-state index in [0.717, 1.165) is 33.0 Å². The van der Waals surface area contributed by atoms with E-state index in [1.165, 1.54) is 10.9 Å². The van der Waals surface area contributed by atoms with Gasteiger partial charge in [-0.05, 0) is 45.1 Å². The minimum absolute atomic E-state index is 0.763. The van der Waals surface area contributed by atoms with Crippen molar-refractivity contribution in [3.8, 4) is 0 Å². The lowest BCUT2D eigenvalue weighted by Gasteiger charge is -2.10. The summed E-state index contributed by atoms with van der Waals surface area (Å²) in [6.07, 6.45) is 5.55. The van der Waals surface area contributed by atoms with Crippen LogP contribution in [-0.2, 0) is 6.54 Å². The maximum atomic E-state index is 4.40. The zero-order valence-electron chi connectivity index (χ0n) is 12.3. The molecule has 0 fully saturated rings. The lowest BCUT2D eigenvalue weighted by atomic mass is 10.1. The fraction of sp³-hybridized carbons (Fsp3) is 0.0526. The van der Waals surface area contributed by atoms with Gasteiger partial charge in [0.05, 0.1) is 5.52 Å². The summed E-state index contributed by atoms with van der Waals surface area (Å²) in [6.45, 7) is 0.763. The summed E-state index contributed by atoms with van der Waals surface area (Å²) >= 11 is 3.57. The third kappa shape index (κ3) is 2.78. The van der Waals surface area contributed by atoms with E-state index in [0.29, 0.717) is 0 Å². The highest BCUT2D eigenvalue weighted by atomic mass is 79.9. The standard InChI is InChI=1S/C19H14BrN3/c20-17-12-21-11-14-6-5-13(9-16(14)17)10-23-19-7-8-22-18-4-2-1-3-15(18)19/h1-9,11-12H,10H2,(H,22,23). The molecule has 23 heavy (non-hydrogen) atoms. The molecular weight excluding hydrogens is 350 g/mol. The van der Waals surface area contributed by atoms with Gasteiger partial charge in [-0.1, -0.05) is 30.3 Å². The fourth-order valence-electron chi connectivity index (χ4n) is 2.73. The highest BCUT2D eigenvalue weighted by Crippen LogP contribution is 2.25. The van der Waals surface area contributed by atoms with Gasteiger partial charge in [0, 0.05) is 46.1 Å². The van der Waals surface area contributed by atoms with Gasteiger partial charge in [0.2, 0.25) is 0 Å². The van der Waals surface area contributed by atoms with Gasteiger partial charge < -0.3 is 5.32 Å². The van der Waals surface area contributed by atoms with E-state index in [2.05, 4.69) is 55.5 Å². The first kappa shape index (κ1) is 14.2. The summed E-state index contributed by atoms with van der Waals surface area (Å²) in [5, 5.41) is 6.97. The smallest absolute Gasteiger partial charge is 0.0722 e. The van der Waals surface area contributed by atoms with Gasteiger partial charge in [-0.25, -0.2) is 0 Å². The number of aromatic nitrogens is 2. The molecule has 0 spiro atoms. The Morgan fingerprint density at radius 1 is 0.957 bits per heavy atom. The van der Waals surface area contributed by atoms with Gasteiger partial charge in [0.15, 0.2) is 0 Å². The Kier molecular flexibility index (Phi) is 3.67. The summed E-state index contributed by atoms with van der Waals surface area (Å²) in [7, 11) is 0. The highest BCUT2D eigenvalue weighted by Gasteiger charge is 2.03. The molecule has 0 unspecified atom stereocenters. The Labute approximate surface area is 142 Å². The second kappa shape index (κ2) is 5.97. The first-order valence-corrected chi connectivity index (χ1v) is 8.20. The molecule has 2 aromatic heterocycles. The van der Waals surface area contributed by atoms with Crippen molar-refractivity contribution in [1.29, 1.82) is 0 Å². The van der Waals surface area contributed by atoms with Crippen LogP contribution in [0, 0.1) is 0 Å². The molecule has 4 rings (SSSR count). The Bertz CT molecular complexity index is 993. The molecule has 4 aromatic rings. The number of pyridine rings is 2. The molecule has 0 bridgehead atoms. The van der Waals surface area contributed by atoms with Crippen molar-refractivity contribution < 1.29 is 0 Å². The van der Waals surface area contributed by atoms with Gasteiger partial charge in [0.25, 0.3) is 0 Å². The van der Waals surface area contributed by atoms with Crippen LogP contribution in [0.4, 0.5) is 5.69 Å². The van der Waals surface area contributed by atoms with Crippen LogP contribution < -0.4 is 5.32 Å². The maximum Gasteiger partial charge on any atom is 0.0722 e. The minimum atomic E-state index is 0.763. The van der Waals surface area contributed by atoms with Crippen LogP contribution in [0.2, 0.25) is 0 Å². The Balaban J connectivity index is 1.64. The number of rotatable bonds is 3. The molecule has 1 N–H and O–H groups in total. The summed E-state index contributed by atoms with van der Waals surface area (Å²) in [6, 6.07) is 16.6. The summed E-state index contributed by atoms with van der Waals surface area (Å²) in [4.78, 5) is 8.60. The first-order chi connectivity index (χ1) is 11.3. The molecule has 0 amide bonds. The zero-order chi connectivity index (χ0) is 15.6. The molecule has 0 radical (unpaired) electrons. The van der Waals surface area contributed by atoms with Crippen molar-refractivity contribution in [3.63, 3.8) is 0 Å². The second-order valence-electron chi connectivity index (χ2n) is 5.41. The van der Waals surface area contributed by atoms with Crippen LogP contribution in [0.5, 0.6) is 0 Å². The number of nitrogens with zero attached hydrogens (tertiary/aromatic N) is 2. The second-order valence-corrected chi connectivity index (χ2v) is 6.26. The zero-order valence-corrected chi connectivity index (χ0v) is 13.9. The molecule has 0 saturated heterocycles. The van der Waals surface area contributed by atoms with E-state index in [1.54, 1.807) is 0 Å². The lowest BCUT2D eigenvalue weighted by molar-refractivity contribution is 1.16. The van der Waals surface area contributed by atoms with Gasteiger partial charge in [-0.3, -0.25) is 9.97 Å². The predicted molar refractivity (Wildman–Crippen MR) is 98.5 cm³/mol. The number of hydrogen-bond donors (Lipinski definition) is 1. The lowest BCUT2D eigenvalue weighted by Crippen LogP contribution is -2.00. The van der Waals surface area contributed by atoms with Gasteiger partial charge in [-0.15, -0.1) is 0 Å². The van der Waals surface area contributed by atoms with Gasteiger partial charge >= 0.3 is 0 Å². The third-order valence-electron chi connectivity index (χ3n) is 3.91. The molecule has 0 atom stereocenters. The molecule has 112 valence electrons. The topological polar surface area (TPSA) is 37.8 Å². The molecule has 0 aliphatic rings. The van der Waals surface area contributed by atoms with Gasteiger partial charge in [-0.2, -0.15) is 0 Å². The molecule has 0 aliphatic carbocycles. The van der Waals surface area contributed by atoms with Crippen molar-refractivity contribution in [1.82, 2.24) is 9.97 Å². The number of benzene rings is 2. The van der Waals surface area contributed by atoms with Crippen molar-refractivity contribution in [2.75, 3.05) is 5.32 Å². The van der Waals surface area contributed by atoms with E-state index < -0.39 is 0 Å². The Hall–Kier alpha value is -2.46. The number of para-hydroxylation sites is 1. The fourth-order valence-corrected chi connectivity index (χ4v) is 3.19. The van der Waals surface area contributed by atoms with E-state index in [-0.39, 0.29) is 0 Å². The average Bonchev–Trinajstić information content (AvgIpc) is 2.60. The van der Waals surface area contributed by atoms with Crippen molar-refractivity contribution in [2.24, 2.45) is 0 Å². The van der Waals surface area contributed by atoms with E-state index in [1.807, 2.05) is 42.9 Å². The molecule has 0 aliphatic heterocycles. The number of halogens is 1. The number of anilines is 1. The quantitative estimate of drug-likeness (QED) is 0.546. The molecule has 2 aromatic carbocycles.